The molecular formula is C26H36O5Si. The van der Waals surface area contributed by atoms with Crippen LogP contribution in [0.5, 0.6) is 0 Å². The van der Waals surface area contributed by atoms with Gasteiger partial charge in [0, 0.05) is 21.3 Å². The number of methoxy groups -OCH3 is 3. The molecule has 1 aliphatic heterocycles. The van der Waals surface area contributed by atoms with Crippen LogP contribution in [0.2, 0.25) is 5.04 Å². The van der Waals surface area contributed by atoms with E-state index in [4.69, 9.17) is 23.4 Å². The van der Waals surface area contributed by atoms with E-state index in [0.29, 0.717) is 6.61 Å². The highest BCUT2D eigenvalue weighted by Gasteiger charge is 2.51. The smallest absolute Gasteiger partial charge is 0.261 e. The highest BCUT2D eigenvalue weighted by molar-refractivity contribution is 6.99. The molecule has 2 aromatic carbocycles. The summed E-state index contributed by atoms with van der Waals surface area (Å²) in [6.45, 7) is 11.4. The predicted molar refractivity (Wildman–Crippen MR) is 130 cm³/mol. The molecule has 0 aliphatic carbocycles. The van der Waals surface area contributed by atoms with Crippen LogP contribution in [0.25, 0.3) is 0 Å². The van der Waals surface area contributed by atoms with Gasteiger partial charge in [0.05, 0.1) is 6.61 Å². The fourth-order valence-electron chi connectivity index (χ4n) is 4.68. The molecule has 0 aromatic heterocycles. The Morgan fingerprint density at radius 2 is 1.38 bits per heavy atom. The van der Waals surface area contributed by atoms with Crippen LogP contribution in [-0.2, 0) is 23.4 Å². The average Bonchev–Trinajstić information content (AvgIpc) is 2.80. The molecule has 0 unspecified atom stereocenters. The second kappa shape index (κ2) is 10.4. The molecule has 0 spiro atoms. The Hall–Kier alpha value is -1.80. The van der Waals surface area contributed by atoms with E-state index in [9.17, 15) is 0 Å². The van der Waals surface area contributed by atoms with Crippen molar-refractivity contribution in [2.75, 3.05) is 27.9 Å². The van der Waals surface area contributed by atoms with Gasteiger partial charge in [-0.2, -0.15) is 0 Å². The van der Waals surface area contributed by atoms with Crippen LogP contribution >= 0.6 is 0 Å². The zero-order valence-corrected chi connectivity index (χ0v) is 21.0. The van der Waals surface area contributed by atoms with Crippen molar-refractivity contribution in [3.63, 3.8) is 0 Å². The third kappa shape index (κ3) is 4.62. The summed E-state index contributed by atoms with van der Waals surface area (Å²) in [5.74, 6) is 0. The molecule has 174 valence electrons. The van der Waals surface area contributed by atoms with Crippen LogP contribution < -0.4 is 10.4 Å². The lowest BCUT2D eigenvalue weighted by Crippen LogP contribution is -2.67. The molecule has 0 saturated carbocycles. The fraction of sp³-hybridized carbons (Fsp3) is 0.462. The molecule has 0 bridgehead atoms. The number of ether oxygens (including phenoxy) is 4. The molecule has 4 atom stereocenters. The summed E-state index contributed by atoms with van der Waals surface area (Å²) in [5.41, 5.74) is 0.797. The molecule has 1 heterocycles. The topological polar surface area (TPSA) is 46.2 Å². The first-order chi connectivity index (χ1) is 15.3. The fourth-order valence-corrected chi connectivity index (χ4v) is 9.24. The summed E-state index contributed by atoms with van der Waals surface area (Å²) in [7, 11) is 2.20. The van der Waals surface area contributed by atoms with Crippen LogP contribution in [0.1, 0.15) is 20.8 Å². The molecule has 2 aromatic rings. The van der Waals surface area contributed by atoms with Crippen LogP contribution in [0.4, 0.5) is 0 Å². The molecule has 0 radical (unpaired) electrons. The van der Waals surface area contributed by atoms with E-state index in [-0.39, 0.29) is 23.4 Å². The number of hydrogen-bond acceptors (Lipinski definition) is 5. The van der Waals surface area contributed by atoms with Crippen molar-refractivity contribution in [3.8, 4) is 0 Å². The minimum absolute atomic E-state index is 0.123. The number of benzene rings is 2. The van der Waals surface area contributed by atoms with E-state index in [1.165, 1.54) is 10.4 Å². The molecule has 0 amide bonds. The van der Waals surface area contributed by atoms with Gasteiger partial charge < -0.3 is 23.4 Å². The minimum atomic E-state index is -2.69. The van der Waals surface area contributed by atoms with Gasteiger partial charge >= 0.3 is 0 Å². The average molecular weight is 457 g/mol. The third-order valence-corrected chi connectivity index (χ3v) is 11.3. The van der Waals surface area contributed by atoms with E-state index in [0.717, 1.165) is 5.57 Å². The summed E-state index contributed by atoms with van der Waals surface area (Å²) < 4.78 is 30.1. The van der Waals surface area contributed by atoms with Gasteiger partial charge in [-0.15, -0.1) is 0 Å². The van der Waals surface area contributed by atoms with Gasteiger partial charge in [-0.3, -0.25) is 0 Å². The molecule has 0 N–H and O–H groups in total. The molecule has 1 saturated heterocycles. The van der Waals surface area contributed by atoms with Gasteiger partial charge in [-0.1, -0.05) is 88.0 Å². The monoisotopic (exact) mass is 456 g/mol. The van der Waals surface area contributed by atoms with Crippen LogP contribution in [0.15, 0.2) is 72.8 Å². The Bertz CT molecular complexity index is 825. The molecule has 32 heavy (non-hydrogen) atoms. The Balaban J connectivity index is 2.00. The van der Waals surface area contributed by atoms with Gasteiger partial charge in [-0.25, -0.2) is 0 Å². The molecular weight excluding hydrogens is 420 g/mol. The lowest BCUT2D eigenvalue weighted by atomic mass is 9.97. The van der Waals surface area contributed by atoms with Crippen LogP contribution in [0, 0.1) is 0 Å². The summed E-state index contributed by atoms with van der Waals surface area (Å²) in [6, 6.07) is 21.1. The van der Waals surface area contributed by atoms with Gasteiger partial charge in [0.25, 0.3) is 8.32 Å². The highest BCUT2D eigenvalue weighted by atomic mass is 28.4. The Kier molecular flexibility index (Phi) is 8.09. The first-order valence-corrected chi connectivity index (χ1v) is 12.9. The lowest BCUT2D eigenvalue weighted by Gasteiger charge is -2.46. The van der Waals surface area contributed by atoms with Crippen LogP contribution in [0.3, 0.4) is 0 Å². The Morgan fingerprint density at radius 3 is 1.78 bits per heavy atom. The van der Waals surface area contributed by atoms with Gasteiger partial charge in [0.1, 0.15) is 18.3 Å². The van der Waals surface area contributed by atoms with Crippen molar-refractivity contribution in [2.24, 2.45) is 0 Å². The van der Waals surface area contributed by atoms with Crippen molar-refractivity contribution in [1.82, 2.24) is 0 Å². The normalized spacial score (nSPS) is 24.5. The van der Waals surface area contributed by atoms with E-state index >= 15 is 0 Å². The summed E-state index contributed by atoms with van der Waals surface area (Å²) >= 11 is 0. The first kappa shape index (κ1) is 24.8. The lowest BCUT2D eigenvalue weighted by molar-refractivity contribution is -0.250. The quantitative estimate of drug-likeness (QED) is 0.449. The van der Waals surface area contributed by atoms with E-state index in [2.05, 4.69) is 75.9 Å². The van der Waals surface area contributed by atoms with Crippen molar-refractivity contribution in [2.45, 2.75) is 50.4 Å². The Labute approximate surface area is 193 Å². The van der Waals surface area contributed by atoms with E-state index < -0.39 is 14.6 Å². The zero-order valence-electron chi connectivity index (χ0n) is 20.0. The maximum atomic E-state index is 7.03. The third-order valence-electron chi connectivity index (χ3n) is 6.27. The van der Waals surface area contributed by atoms with Crippen LogP contribution in [-0.4, -0.2) is 60.9 Å². The largest absolute Gasteiger partial charge is 0.404 e. The SMILES string of the molecule is C=C1[C@@H](CO[Si](c2ccccc2)(c2ccccc2)C(C)(C)C)O[C@H](OC)[C@H](OC)[C@H]1OC. The van der Waals surface area contributed by atoms with Crippen molar-refractivity contribution in [1.29, 1.82) is 0 Å². The zero-order chi connectivity index (χ0) is 23.4. The molecule has 1 fully saturated rings. The summed E-state index contributed by atoms with van der Waals surface area (Å²) in [5, 5.41) is 2.32. The molecule has 1 aliphatic rings. The molecule has 6 heteroatoms. The summed E-state index contributed by atoms with van der Waals surface area (Å²) in [6.07, 6.45) is -1.67. The Morgan fingerprint density at radius 1 is 0.844 bits per heavy atom. The van der Waals surface area contributed by atoms with Gasteiger partial charge in [-0.05, 0) is 21.0 Å². The van der Waals surface area contributed by atoms with Gasteiger partial charge in [0.15, 0.2) is 6.29 Å². The summed E-state index contributed by atoms with van der Waals surface area (Å²) in [4.78, 5) is 0. The molecule has 5 nitrogen and oxygen atoms in total. The maximum Gasteiger partial charge on any atom is 0.261 e. The van der Waals surface area contributed by atoms with Gasteiger partial charge in [0.2, 0.25) is 0 Å². The second-order valence-electron chi connectivity index (χ2n) is 9.13. The van der Waals surface area contributed by atoms with Crippen molar-refractivity contribution >= 4 is 18.7 Å². The van der Waals surface area contributed by atoms with Crippen molar-refractivity contribution < 1.29 is 23.4 Å². The second-order valence-corrected chi connectivity index (χ2v) is 13.4. The van der Waals surface area contributed by atoms with Crippen molar-refractivity contribution in [3.05, 3.63) is 72.8 Å². The maximum absolute atomic E-state index is 7.03. The highest BCUT2D eigenvalue weighted by Crippen LogP contribution is 2.38. The molecule has 3 rings (SSSR count). The predicted octanol–water partition coefficient (Wildman–Crippen LogP) is 3.52. The number of hydrogen-bond donors (Lipinski definition) is 0. The minimum Gasteiger partial charge on any atom is -0.404 e. The number of rotatable bonds is 8. The first-order valence-electron chi connectivity index (χ1n) is 11.0. The van der Waals surface area contributed by atoms with E-state index in [1.54, 1.807) is 21.3 Å². The standard InChI is InChI=1S/C26H36O5Si/c1-19-22(31-25(29-7)24(28-6)23(19)27-5)18-30-32(26(2,3)4,20-14-10-8-11-15-20)21-16-12-9-13-17-21/h8-17,22-25H,1,18H2,2-7H3/t22-,23+,24-,25+/m1/s1. The van der Waals surface area contributed by atoms with E-state index in [1.807, 2.05) is 12.1 Å².